The largest absolute Gasteiger partial charge is 0.403 e. The molecule has 124 valence electrons. The van der Waals surface area contributed by atoms with Gasteiger partial charge in [-0.3, -0.25) is 0 Å². The number of hydrogen-bond acceptors (Lipinski definition) is 3. The summed E-state index contributed by atoms with van der Waals surface area (Å²) in [5.74, 6) is 0.0422. The Kier molecular flexibility index (Phi) is 5.59. The van der Waals surface area contributed by atoms with E-state index in [1.54, 1.807) is 0 Å². The Labute approximate surface area is 139 Å². The van der Waals surface area contributed by atoms with E-state index in [0.29, 0.717) is 6.42 Å². The second-order valence-electron chi connectivity index (χ2n) is 6.48. The number of rotatable bonds is 5. The predicted octanol–water partition coefficient (Wildman–Crippen LogP) is 4.18. The molecule has 0 fully saturated rings. The fraction of sp³-hybridized carbons (Fsp3) is 0.368. The first-order valence-corrected chi connectivity index (χ1v) is 9.71. The lowest BCUT2D eigenvalue weighted by atomic mass is 9.83. The van der Waals surface area contributed by atoms with Crippen molar-refractivity contribution in [2.45, 2.75) is 40.0 Å². The first-order valence-electron chi connectivity index (χ1n) is 7.88. The highest BCUT2D eigenvalue weighted by molar-refractivity contribution is 7.58. The Morgan fingerprint density at radius 1 is 0.783 bits per heavy atom. The molecule has 0 aliphatic carbocycles. The van der Waals surface area contributed by atoms with Gasteiger partial charge in [-0.05, 0) is 56.4 Å². The molecule has 0 atom stereocenters. The Morgan fingerprint density at radius 2 is 1.22 bits per heavy atom. The van der Waals surface area contributed by atoms with Crippen LogP contribution in [0.4, 0.5) is 0 Å². The summed E-state index contributed by atoms with van der Waals surface area (Å²) in [4.78, 5) is 28.3. The summed E-state index contributed by atoms with van der Waals surface area (Å²) in [6, 6.07) is 12.7. The maximum absolute atomic E-state index is 9.43. The van der Waals surface area contributed by atoms with Crippen molar-refractivity contribution >= 4 is 7.94 Å². The average molecular weight is 333 g/mol. The molecule has 2 aromatic carbocycles. The molecule has 3 nitrogen and oxygen atoms in total. The highest BCUT2D eigenvalue weighted by atomic mass is 31.2. The normalized spacial score (nSPS) is 12.0. The van der Waals surface area contributed by atoms with E-state index in [1.807, 2.05) is 0 Å². The summed E-state index contributed by atoms with van der Waals surface area (Å²) in [6.45, 7) is 8.27. The molecular weight excluding hydrogens is 307 g/mol. The molecule has 0 bridgehead atoms. The Hall–Kier alpha value is -1.25. The Bertz CT molecular complexity index is 638. The van der Waals surface area contributed by atoms with Crippen LogP contribution in [-0.2, 0) is 0 Å². The fourth-order valence-electron chi connectivity index (χ4n) is 3.05. The monoisotopic (exact) mass is 333 g/mol. The fourth-order valence-corrected chi connectivity index (χ4v) is 3.66. The molecular formula is C19H26O3P+. The van der Waals surface area contributed by atoms with E-state index >= 15 is 0 Å². The zero-order chi connectivity index (χ0) is 17.2. The molecule has 2 rings (SSSR count). The second-order valence-corrected chi connectivity index (χ2v) is 8.31. The highest BCUT2D eigenvalue weighted by Crippen LogP contribution is 2.47. The van der Waals surface area contributed by atoms with Crippen LogP contribution in [0.15, 0.2) is 36.4 Å². The quantitative estimate of drug-likeness (QED) is 0.719. The molecule has 3 N–H and O–H groups in total. The lowest BCUT2D eigenvalue weighted by molar-refractivity contribution is 0.328. The minimum atomic E-state index is -3.76. The molecule has 0 aliphatic rings. The van der Waals surface area contributed by atoms with Crippen LogP contribution >= 0.6 is 7.94 Å². The van der Waals surface area contributed by atoms with Gasteiger partial charge in [-0.1, -0.05) is 47.5 Å². The molecule has 0 heterocycles. The summed E-state index contributed by atoms with van der Waals surface area (Å²) in [6.07, 6.45) is 0.518. The Balaban J connectivity index is 2.51. The Morgan fingerprint density at radius 3 is 1.61 bits per heavy atom. The minimum Gasteiger partial charge on any atom is -0.193 e. The number of aryl methyl sites for hydroxylation is 4. The third kappa shape index (κ3) is 4.86. The summed E-state index contributed by atoms with van der Waals surface area (Å²) < 4.78 is 0. The SMILES string of the molecule is Cc1ccc(C)c(C(CC[P+](O)(O)O)c2cc(C)ccc2C)c1. The summed E-state index contributed by atoms with van der Waals surface area (Å²) >= 11 is 0. The van der Waals surface area contributed by atoms with E-state index < -0.39 is 7.94 Å². The predicted molar refractivity (Wildman–Crippen MR) is 96.7 cm³/mol. The lowest BCUT2D eigenvalue weighted by Gasteiger charge is -2.23. The van der Waals surface area contributed by atoms with Crippen molar-refractivity contribution in [1.82, 2.24) is 0 Å². The van der Waals surface area contributed by atoms with E-state index in [-0.39, 0.29) is 12.1 Å². The van der Waals surface area contributed by atoms with Gasteiger partial charge < -0.3 is 0 Å². The van der Waals surface area contributed by atoms with Crippen LogP contribution in [0.2, 0.25) is 0 Å². The molecule has 4 heteroatoms. The van der Waals surface area contributed by atoms with Gasteiger partial charge in [-0.2, -0.15) is 14.7 Å². The van der Waals surface area contributed by atoms with Crippen molar-refractivity contribution in [3.63, 3.8) is 0 Å². The zero-order valence-electron chi connectivity index (χ0n) is 14.2. The number of benzene rings is 2. The van der Waals surface area contributed by atoms with Crippen LogP contribution in [0.3, 0.4) is 0 Å². The van der Waals surface area contributed by atoms with Crippen LogP contribution in [0.1, 0.15) is 45.7 Å². The maximum Gasteiger partial charge on any atom is 0.403 e. The van der Waals surface area contributed by atoms with Crippen LogP contribution in [0.5, 0.6) is 0 Å². The van der Waals surface area contributed by atoms with Gasteiger partial charge >= 0.3 is 7.94 Å². The molecule has 0 saturated heterocycles. The van der Waals surface area contributed by atoms with Gasteiger partial charge in [0.05, 0.1) is 0 Å². The third-order valence-corrected chi connectivity index (χ3v) is 5.20. The van der Waals surface area contributed by atoms with Crippen molar-refractivity contribution in [1.29, 1.82) is 0 Å². The van der Waals surface area contributed by atoms with Gasteiger partial charge in [-0.25, -0.2) is 0 Å². The lowest BCUT2D eigenvalue weighted by Crippen LogP contribution is -2.10. The van der Waals surface area contributed by atoms with Gasteiger partial charge in [0.25, 0.3) is 0 Å². The van der Waals surface area contributed by atoms with Gasteiger partial charge in [0, 0.05) is 5.92 Å². The van der Waals surface area contributed by atoms with E-state index in [9.17, 15) is 14.7 Å². The second kappa shape index (κ2) is 7.11. The molecule has 0 aromatic heterocycles. The summed E-state index contributed by atoms with van der Waals surface area (Å²) in [5.41, 5.74) is 7.09. The van der Waals surface area contributed by atoms with Gasteiger partial charge in [0.1, 0.15) is 6.16 Å². The maximum atomic E-state index is 9.43. The first-order chi connectivity index (χ1) is 10.7. The molecule has 0 aliphatic heterocycles. The number of hydrogen-bond donors (Lipinski definition) is 3. The van der Waals surface area contributed by atoms with Crippen LogP contribution in [-0.4, -0.2) is 20.8 Å². The standard InChI is InChI=1S/C19H26O3P/c1-13-5-7-15(3)18(11-13)17(9-10-23(20,21)22)19-12-14(2)6-8-16(19)4/h5-8,11-12,17,20-22H,9-10H2,1-4H3/q+1. The first kappa shape index (κ1) is 18.1. The van der Waals surface area contributed by atoms with E-state index in [1.165, 1.54) is 33.4 Å². The van der Waals surface area contributed by atoms with Crippen molar-refractivity contribution in [3.8, 4) is 0 Å². The minimum absolute atomic E-state index is 0.0123. The zero-order valence-corrected chi connectivity index (χ0v) is 15.1. The molecule has 23 heavy (non-hydrogen) atoms. The van der Waals surface area contributed by atoms with Crippen LogP contribution in [0, 0.1) is 27.7 Å². The summed E-state index contributed by atoms with van der Waals surface area (Å²) in [7, 11) is -3.76. The summed E-state index contributed by atoms with van der Waals surface area (Å²) in [5, 5.41) is 0. The smallest absolute Gasteiger partial charge is 0.193 e. The average Bonchev–Trinajstić information content (AvgIpc) is 2.45. The van der Waals surface area contributed by atoms with Crippen molar-refractivity contribution in [2.75, 3.05) is 6.16 Å². The molecule has 0 amide bonds. The highest BCUT2D eigenvalue weighted by Gasteiger charge is 2.32. The van der Waals surface area contributed by atoms with E-state index in [4.69, 9.17) is 0 Å². The molecule has 0 spiro atoms. The third-order valence-electron chi connectivity index (χ3n) is 4.34. The molecule has 0 unspecified atom stereocenters. The van der Waals surface area contributed by atoms with E-state index in [2.05, 4.69) is 64.1 Å². The van der Waals surface area contributed by atoms with Gasteiger partial charge in [-0.15, -0.1) is 0 Å². The van der Waals surface area contributed by atoms with Crippen molar-refractivity contribution in [3.05, 3.63) is 69.8 Å². The molecule has 2 aromatic rings. The van der Waals surface area contributed by atoms with Crippen LogP contribution < -0.4 is 0 Å². The van der Waals surface area contributed by atoms with Crippen molar-refractivity contribution < 1.29 is 14.7 Å². The van der Waals surface area contributed by atoms with Crippen molar-refractivity contribution in [2.24, 2.45) is 0 Å². The van der Waals surface area contributed by atoms with Gasteiger partial charge in [0.15, 0.2) is 0 Å². The molecule has 0 radical (unpaired) electrons. The topological polar surface area (TPSA) is 60.7 Å². The molecule has 0 saturated carbocycles. The van der Waals surface area contributed by atoms with Crippen LogP contribution in [0.25, 0.3) is 0 Å². The van der Waals surface area contributed by atoms with E-state index in [0.717, 1.165) is 0 Å². The van der Waals surface area contributed by atoms with Gasteiger partial charge in [0.2, 0.25) is 0 Å².